The first-order valence-electron chi connectivity index (χ1n) is 7.11. The Labute approximate surface area is 156 Å². The molecular formula is C15H14Cl2N4OS2. The molecule has 0 spiro atoms. The van der Waals surface area contributed by atoms with E-state index in [2.05, 4.69) is 15.2 Å². The lowest BCUT2D eigenvalue weighted by Gasteiger charge is -2.06. The predicted octanol–water partition coefficient (Wildman–Crippen LogP) is 3.95. The summed E-state index contributed by atoms with van der Waals surface area (Å²) in [5.74, 6) is 1.63. The molecule has 0 saturated heterocycles. The molecule has 0 amide bonds. The molecule has 0 unspecified atom stereocenters. The van der Waals surface area contributed by atoms with Crippen LogP contribution in [0.15, 0.2) is 34.3 Å². The summed E-state index contributed by atoms with van der Waals surface area (Å²) in [6.07, 6.45) is 0. The third-order valence-corrected chi connectivity index (χ3v) is 6.57. The Hall–Kier alpha value is -1.15. The van der Waals surface area contributed by atoms with E-state index < -0.39 is 10.8 Å². The number of thioether (sulfide) groups is 1. The average Bonchev–Trinajstić information content (AvgIpc) is 2.92. The molecule has 9 heteroatoms. The molecule has 3 rings (SSSR count). The molecule has 0 bridgehead atoms. The van der Waals surface area contributed by atoms with Crippen LogP contribution in [-0.4, -0.2) is 35.3 Å². The third-order valence-electron chi connectivity index (χ3n) is 3.30. The van der Waals surface area contributed by atoms with E-state index in [-0.39, 0.29) is 0 Å². The van der Waals surface area contributed by atoms with Crippen molar-refractivity contribution in [2.45, 2.75) is 23.9 Å². The second kappa shape index (κ2) is 7.39. The zero-order valence-electron chi connectivity index (χ0n) is 13.0. The van der Waals surface area contributed by atoms with Crippen LogP contribution in [0.25, 0.3) is 5.78 Å². The van der Waals surface area contributed by atoms with Crippen LogP contribution in [-0.2, 0) is 10.8 Å². The molecule has 2 heterocycles. The third kappa shape index (κ3) is 3.74. The Bertz CT molecular complexity index is 929. The minimum Gasteiger partial charge on any atom is -0.259 e. The highest BCUT2D eigenvalue weighted by molar-refractivity contribution is 8.00. The van der Waals surface area contributed by atoms with Crippen molar-refractivity contribution in [2.24, 2.45) is 0 Å². The molecule has 2 aromatic heterocycles. The van der Waals surface area contributed by atoms with Gasteiger partial charge in [0.25, 0.3) is 5.78 Å². The van der Waals surface area contributed by atoms with E-state index in [0.717, 1.165) is 16.5 Å². The Morgan fingerprint density at radius 3 is 2.79 bits per heavy atom. The van der Waals surface area contributed by atoms with E-state index in [1.54, 1.807) is 18.2 Å². The van der Waals surface area contributed by atoms with Crippen LogP contribution in [0.2, 0.25) is 10.0 Å². The maximum Gasteiger partial charge on any atom is 0.256 e. The zero-order valence-corrected chi connectivity index (χ0v) is 16.1. The highest BCUT2D eigenvalue weighted by atomic mass is 35.5. The van der Waals surface area contributed by atoms with Crippen molar-refractivity contribution in [3.8, 4) is 0 Å². The quantitative estimate of drug-likeness (QED) is 0.606. The minimum atomic E-state index is -1.22. The number of hydrogen-bond acceptors (Lipinski definition) is 5. The molecule has 0 aliphatic carbocycles. The summed E-state index contributed by atoms with van der Waals surface area (Å²) in [7, 11) is -1.22. The second-order valence-corrected chi connectivity index (χ2v) is 8.57. The van der Waals surface area contributed by atoms with E-state index in [9.17, 15) is 4.21 Å². The van der Waals surface area contributed by atoms with Crippen LogP contribution in [0.5, 0.6) is 0 Å². The van der Waals surface area contributed by atoms with Gasteiger partial charge < -0.3 is 0 Å². The molecule has 0 radical (unpaired) electrons. The van der Waals surface area contributed by atoms with E-state index in [4.69, 9.17) is 23.2 Å². The highest BCUT2D eigenvalue weighted by Crippen LogP contribution is 2.25. The van der Waals surface area contributed by atoms with Gasteiger partial charge in [-0.1, -0.05) is 35.0 Å². The summed E-state index contributed by atoms with van der Waals surface area (Å²) >= 11 is 13.5. The van der Waals surface area contributed by atoms with Gasteiger partial charge in [-0.15, -0.1) is 10.2 Å². The molecule has 0 N–H and O–H groups in total. The number of hydrogen-bond donors (Lipinski definition) is 0. The van der Waals surface area contributed by atoms with Crippen LogP contribution in [0.4, 0.5) is 0 Å². The maximum absolute atomic E-state index is 12.4. The SMILES string of the molecule is Cc1cc(C)n2c(SCC[S@](=O)c3cc(Cl)ccc3Cl)nnc2n1. The van der Waals surface area contributed by atoms with Gasteiger partial charge in [0.15, 0.2) is 5.16 Å². The van der Waals surface area contributed by atoms with Crippen molar-refractivity contribution in [3.63, 3.8) is 0 Å². The normalized spacial score (nSPS) is 12.7. The zero-order chi connectivity index (χ0) is 17.3. The lowest BCUT2D eigenvalue weighted by Crippen LogP contribution is -2.03. The van der Waals surface area contributed by atoms with Gasteiger partial charge in [0.2, 0.25) is 0 Å². The van der Waals surface area contributed by atoms with E-state index in [1.165, 1.54) is 11.8 Å². The fraction of sp³-hybridized carbons (Fsp3) is 0.267. The van der Waals surface area contributed by atoms with E-state index in [1.807, 2.05) is 24.3 Å². The van der Waals surface area contributed by atoms with Gasteiger partial charge in [0, 0.05) is 27.9 Å². The van der Waals surface area contributed by atoms with Gasteiger partial charge in [0.1, 0.15) is 0 Å². The molecule has 0 aliphatic heterocycles. The monoisotopic (exact) mass is 400 g/mol. The summed E-state index contributed by atoms with van der Waals surface area (Å²) in [6.45, 7) is 3.91. The summed E-state index contributed by atoms with van der Waals surface area (Å²) < 4.78 is 14.3. The van der Waals surface area contributed by atoms with Crippen LogP contribution >= 0.6 is 35.0 Å². The first-order valence-corrected chi connectivity index (χ1v) is 10.2. The number of benzene rings is 1. The lowest BCUT2D eigenvalue weighted by molar-refractivity contribution is 0.684. The van der Waals surface area contributed by atoms with Crippen molar-refractivity contribution in [3.05, 3.63) is 45.7 Å². The Kier molecular flexibility index (Phi) is 5.44. The molecule has 1 aromatic carbocycles. The van der Waals surface area contributed by atoms with Gasteiger partial charge in [0.05, 0.1) is 20.7 Å². The molecule has 0 aliphatic rings. The van der Waals surface area contributed by atoms with Crippen molar-refractivity contribution >= 4 is 51.5 Å². The van der Waals surface area contributed by atoms with Gasteiger partial charge in [-0.25, -0.2) is 4.98 Å². The fourth-order valence-electron chi connectivity index (χ4n) is 2.26. The first kappa shape index (κ1) is 17.7. The van der Waals surface area contributed by atoms with Gasteiger partial charge in [-0.3, -0.25) is 8.61 Å². The largest absolute Gasteiger partial charge is 0.259 e. The number of nitrogens with zero attached hydrogens (tertiary/aromatic N) is 4. The predicted molar refractivity (Wildman–Crippen MR) is 98.7 cm³/mol. The molecule has 1 atom stereocenters. The van der Waals surface area contributed by atoms with Gasteiger partial charge in [-0.05, 0) is 38.1 Å². The van der Waals surface area contributed by atoms with Crippen molar-refractivity contribution in [1.29, 1.82) is 0 Å². The molecule has 24 heavy (non-hydrogen) atoms. The Morgan fingerprint density at radius 1 is 1.21 bits per heavy atom. The minimum absolute atomic E-state index is 0.442. The van der Waals surface area contributed by atoms with Crippen LogP contribution < -0.4 is 0 Å². The van der Waals surface area contributed by atoms with Crippen LogP contribution in [0.1, 0.15) is 11.4 Å². The fourth-order valence-corrected chi connectivity index (χ4v) is 5.22. The molecule has 3 aromatic rings. The standard InChI is InChI=1S/C15H14Cl2N4OS2/c1-9-7-10(2)21-14(18-9)19-20-15(21)23-5-6-24(22)13-8-11(16)3-4-12(13)17/h3-4,7-8H,5-6H2,1-2H3/t24-/m0/s1. The number of halogens is 2. The van der Waals surface area contributed by atoms with E-state index >= 15 is 0 Å². The topological polar surface area (TPSA) is 60.2 Å². The van der Waals surface area contributed by atoms with Crippen molar-refractivity contribution < 1.29 is 4.21 Å². The van der Waals surface area contributed by atoms with Crippen molar-refractivity contribution in [1.82, 2.24) is 19.6 Å². The highest BCUT2D eigenvalue weighted by Gasteiger charge is 2.13. The molecule has 0 saturated carbocycles. The van der Waals surface area contributed by atoms with Crippen LogP contribution in [0, 0.1) is 13.8 Å². The summed E-state index contributed by atoms with van der Waals surface area (Å²) in [4.78, 5) is 4.91. The van der Waals surface area contributed by atoms with E-state index in [0.29, 0.717) is 32.2 Å². The Balaban J connectivity index is 1.71. The number of aromatic nitrogens is 4. The first-order chi connectivity index (χ1) is 11.5. The number of aryl methyl sites for hydroxylation is 2. The molecule has 5 nitrogen and oxygen atoms in total. The lowest BCUT2D eigenvalue weighted by atomic mass is 10.3. The van der Waals surface area contributed by atoms with Crippen LogP contribution in [0.3, 0.4) is 0 Å². The van der Waals surface area contributed by atoms with Gasteiger partial charge >= 0.3 is 0 Å². The molecule has 0 fully saturated rings. The summed E-state index contributed by atoms with van der Waals surface area (Å²) in [5.41, 5.74) is 1.92. The van der Waals surface area contributed by atoms with Crippen molar-refractivity contribution in [2.75, 3.05) is 11.5 Å². The smallest absolute Gasteiger partial charge is 0.256 e. The number of fused-ring (bicyclic) bond motifs is 1. The van der Waals surface area contributed by atoms with Gasteiger partial charge in [-0.2, -0.15) is 0 Å². The second-order valence-electron chi connectivity index (χ2n) is 5.13. The number of rotatable bonds is 5. The Morgan fingerprint density at radius 2 is 2.00 bits per heavy atom. The summed E-state index contributed by atoms with van der Waals surface area (Å²) in [5, 5.41) is 9.98. The summed E-state index contributed by atoms with van der Waals surface area (Å²) in [6, 6.07) is 6.96. The molecule has 126 valence electrons. The average molecular weight is 401 g/mol. The maximum atomic E-state index is 12.4. The molecular weight excluding hydrogens is 387 g/mol.